The van der Waals surface area contributed by atoms with Crippen molar-refractivity contribution in [2.75, 3.05) is 20.2 Å². The molecule has 0 radical (unpaired) electrons. The monoisotopic (exact) mass is 438 g/mol. The number of rotatable bonds is 6. The first-order valence-corrected chi connectivity index (χ1v) is 10.5. The van der Waals surface area contributed by atoms with Crippen molar-refractivity contribution >= 4 is 21.7 Å². The van der Waals surface area contributed by atoms with E-state index < -0.39 is 38.3 Å². The minimum Gasteiger partial charge on any atom is -0.496 e. The highest BCUT2D eigenvalue weighted by molar-refractivity contribution is 7.89. The Bertz CT molecular complexity index is 1060. The molecule has 0 bridgehead atoms. The maximum absolute atomic E-state index is 13.1. The quantitative estimate of drug-likeness (QED) is 0.295. The summed E-state index contributed by atoms with van der Waals surface area (Å²) in [6, 6.07) is 8.22. The van der Waals surface area contributed by atoms with Crippen molar-refractivity contribution < 1.29 is 32.0 Å². The van der Waals surface area contributed by atoms with Crippen LogP contribution in [0.3, 0.4) is 0 Å². The number of esters is 1. The van der Waals surface area contributed by atoms with Crippen LogP contribution in [0.25, 0.3) is 0 Å². The van der Waals surface area contributed by atoms with Gasteiger partial charge in [-0.1, -0.05) is 0 Å². The summed E-state index contributed by atoms with van der Waals surface area (Å²) < 4.78 is 50.0. The average Bonchev–Trinajstić information content (AvgIpc) is 2.74. The fourth-order valence-corrected chi connectivity index (χ4v) is 4.68. The van der Waals surface area contributed by atoms with Crippen LogP contribution in [0.5, 0.6) is 11.5 Å². The summed E-state index contributed by atoms with van der Waals surface area (Å²) in [5, 5.41) is 11.3. The van der Waals surface area contributed by atoms with E-state index in [1.54, 1.807) is 0 Å². The highest BCUT2D eigenvalue weighted by Gasteiger charge is 2.35. The van der Waals surface area contributed by atoms with Gasteiger partial charge in [-0.25, -0.2) is 12.8 Å². The van der Waals surface area contributed by atoms with Crippen LogP contribution in [0.2, 0.25) is 0 Å². The number of carbonyl (C=O) groups is 1. The summed E-state index contributed by atoms with van der Waals surface area (Å²) in [5.74, 6) is -2.13. The van der Waals surface area contributed by atoms with E-state index in [1.807, 2.05) is 0 Å². The molecule has 2 aromatic rings. The number of carbonyl (C=O) groups excluding carboxylic acids is 1. The van der Waals surface area contributed by atoms with Crippen LogP contribution in [-0.4, -0.2) is 43.8 Å². The molecule has 30 heavy (non-hydrogen) atoms. The third-order valence-corrected chi connectivity index (χ3v) is 6.62. The molecule has 1 fully saturated rings. The van der Waals surface area contributed by atoms with Crippen LogP contribution in [0.1, 0.15) is 12.8 Å². The molecule has 1 aliphatic rings. The lowest BCUT2D eigenvalue weighted by atomic mass is 10.00. The Kier molecular flexibility index (Phi) is 6.32. The van der Waals surface area contributed by atoms with E-state index in [1.165, 1.54) is 19.2 Å². The zero-order chi connectivity index (χ0) is 21.9. The van der Waals surface area contributed by atoms with Crippen molar-refractivity contribution in [2.45, 2.75) is 17.7 Å². The molecule has 160 valence electrons. The number of methoxy groups -OCH3 is 1. The molecule has 1 saturated heterocycles. The number of hydrogen-bond acceptors (Lipinski definition) is 7. The predicted octanol–water partition coefficient (Wildman–Crippen LogP) is 2.75. The summed E-state index contributed by atoms with van der Waals surface area (Å²) in [4.78, 5) is 23.1. The standard InChI is InChI=1S/C19H19FN2O7S/c1-28-15-6-9-18(17(11-15)22(24)25)29-19(23)13-3-2-10-21(12-13)30(26,27)16-7-4-14(20)5-8-16/h4-9,11,13H,2-3,10,12H2,1H3. The first-order chi connectivity index (χ1) is 14.2. The molecule has 3 rings (SSSR count). The highest BCUT2D eigenvalue weighted by atomic mass is 32.2. The van der Waals surface area contributed by atoms with E-state index in [4.69, 9.17) is 9.47 Å². The summed E-state index contributed by atoms with van der Waals surface area (Å²) in [7, 11) is -2.56. The van der Waals surface area contributed by atoms with Gasteiger partial charge in [-0.3, -0.25) is 14.9 Å². The van der Waals surface area contributed by atoms with Gasteiger partial charge in [0, 0.05) is 13.1 Å². The first kappa shape index (κ1) is 21.7. The summed E-state index contributed by atoms with van der Waals surface area (Å²) in [6.07, 6.45) is 0.781. The summed E-state index contributed by atoms with van der Waals surface area (Å²) >= 11 is 0. The molecule has 0 N–H and O–H groups in total. The van der Waals surface area contributed by atoms with Gasteiger partial charge in [0.05, 0.1) is 28.9 Å². The Hall–Kier alpha value is -3.05. The molecular formula is C19H19FN2O7S. The van der Waals surface area contributed by atoms with E-state index in [0.717, 1.165) is 34.6 Å². The topological polar surface area (TPSA) is 116 Å². The predicted molar refractivity (Wildman–Crippen MR) is 103 cm³/mol. The van der Waals surface area contributed by atoms with E-state index >= 15 is 0 Å². The number of nitrogens with zero attached hydrogens (tertiary/aromatic N) is 2. The van der Waals surface area contributed by atoms with Crippen LogP contribution in [0.15, 0.2) is 47.4 Å². The van der Waals surface area contributed by atoms with Crippen LogP contribution in [-0.2, 0) is 14.8 Å². The molecule has 0 spiro atoms. The Morgan fingerprint density at radius 1 is 1.23 bits per heavy atom. The van der Waals surface area contributed by atoms with Gasteiger partial charge < -0.3 is 9.47 Å². The second-order valence-corrected chi connectivity index (χ2v) is 8.61. The Balaban J connectivity index is 1.76. The summed E-state index contributed by atoms with van der Waals surface area (Å²) in [6.45, 7) is 0.0642. The molecule has 0 saturated carbocycles. The van der Waals surface area contributed by atoms with Gasteiger partial charge in [-0.05, 0) is 49.2 Å². The lowest BCUT2D eigenvalue weighted by Crippen LogP contribution is -2.43. The van der Waals surface area contributed by atoms with Crippen LogP contribution in [0.4, 0.5) is 10.1 Å². The molecule has 1 unspecified atom stereocenters. The SMILES string of the molecule is COc1ccc(OC(=O)C2CCCN(S(=O)(=O)c3ccc(F)cc3)C2)c([N+](=O)[O-])c1. The van der Waals surface area contributed by atoms with E-state index in [-0.39, 0.29) is 29.5 Å². The highest BCUT2D eigenvalue weighted by Crippen LogP contribution is 2.32. The smallest absolute Gasteiger partial charge is 0.315 e. The number of benzene rings is 2. The van der Waals surface area contributed by atoms with Crippen molar-refractivity contribution in [1.82, 2.24) is 4.31 Å². The van der Waals surface area contributed by atoms with Crippen molar-refractivity contribution in [2.24, 2.45) is 5.92 Å². The lowest BCUT2D eigenvalue weighted by molar-refractivity contribution is -0.385. The second-order valence-electron chi connectivity index (χ2n) is 6.67. The van der Waals surface area contributed by atoms with E-state index in [9.17, 15) is 27.7 Å². The van der Waals surface area contributed by atoms with Crippen LogP contribution >= 0.6 is 0 Å². The lowest BCUT2D eigenvalue weighted by Gasteiger charge is -2.30. The third kappa shape index (κ3) is 4.57. The van der Waals surface area contributed by atoms with Crippen molar-refractivity contribution in [3.8, 4) is 11.5 Å². The number of hydrogen-bond donors (Lipinski definition) is 0. The normalized spacial score (nSPS) is 17.3. The Morgan fingerprint density at radius 3 is 2.57 bits per heavy atom. The summed E-state index contributed by atoms with van der Waals surface area (Å²) in [5.41, 5.74) is -0.436. The molecule has 1 heterocycles. The van der Waals surface area contributed by atoms with Gasteiger partial charge in [0.25, 0.3) is 0 Å². The van der Waals surface area contributed by atoms with Crippen LogP contribution in [0, 0.1) is 21.8 Å². The van der Waals surface area contributed by atoms with Gasteiger partial charge in [-0.2, -0.15) is 4.31 Å². The van der Waals surface area contributed by atoms with Crippen molar-refractivity contribution in [3.63, 3.8) is 0 Å². The number of halogens is 1. The Morgan fingerprint density at radius 2 is 1.93 bits per heavy atom. The largest absolute Gasteiger partial charge is 0.496 e. The van der Waals surface area contributed by atoms with Crippen LogP contribution < -0.4 is 9.47 Å². The van der Waals surface area contributed by atoms with E-state index in [0.29, 0.717) is 12.8 Å². The van der Waals surface area contributed by atoms with Gasteiger partial charge in [0.1, 0.15) is 11.6 Å². The molecule has 2 aromatic carbocycles. The third-order valence-electron chi connectivity index (χ3n) is 4.74. The Labute approximate surface area is 172 Å². The molecule has 1 aliphatic heterocycles. The molecule has 1 atom stereocenters. The molecule has 0 aromatic heterocycles. The number of piperidine rings is 1. The zero-order valence-electron chi connectivity index (χ0n) is 16.0. The van der Waals surface area contributed by atoms with Crippen molar-refractivity contribution in [3.05, 3.63) is 58.4 Å². The first-order valence-electron chi connectivity index (χ1n) is 9.02. The fourth-order valence-electron chi connectivity index (χ4n) is 3.15. The average molecular weight is 438 g/mol. The number of nitro groups is 1. The molecule has 11 heteroatoms. The maximum Gasteiger partial charge on any atom is 0.315 e. The van der Waals surface area contributed by atoms with E-state index in [2.05, 4.69) is 0 Å². The molecule has 9 nitrogen and oxygen atoms in total. The molecule has 0 amide bonds. The molecular weight excluding hydrogens is 419 g/mol. The van der Waals surface area contributed by atoms with Gasteiger partial charge in [0.2, 0.25) is 15.8 Å². The fraction of sp³-hybridized carbons (Fsp3) is 0.316. The second kappa shape index (κ2) is 8.76. The number of nitro benzene ring substituents is 1. The van der Waals surface area contributed by atoms with Gasteiger partial charge >= 0.3 is 11.7 Å². The van der Waals surface area contributed by atoms with Crippen molar-refractivity contribution in [1.29, 1.82) is 0 Å². The van der Waals surface area contributed by atoms with Gasteiger partial charge in [-0.15, -0.1) is 0 Å². The number of ether oxygens (including phenoxy) is 2. The molecule has 0 aliphatic carbocycles. The number of sulfonamides is 1. The van der Waals surface area contributed by atoms with Gasteiger partial charge in [0.15, 0.2) is 0 Å². The minimum atomic E-state index is -3.91. The maximum atomic E-state index is 13.1. The zero-order valence-corrected chi connectivity index (χ0v) is 16.8. The minimum absolute atomic E-state index is 0.0799.